The number of anilines is 1. The molecule has 1 unspecified atom stereocenters. The molecule has 4 rings (SSSR count). The van der Waals surface area contributed by atoms with Gasteiger partial charge >= 0.3 is 0 Å². The summed E-state index contributed by atoms with van der Waals surface area (Å²) >= 11 is 6.16. The first-order valence-electron chi connectivity index (χ1n) is 12.8. The van der Waals surface area contributed by atoms with Crippen molar-refractivity contribution in [2.24, 2.45) is 18.4 Å². The SMILES string of the molecule is COc1cc(Cl)cc(C(=O)Nc2cnc3c(c(C4CCN(C(=O)C(C)C(C)(C)C)CC4)cn3C)c2C)c1. The standard InChI is InChI=1S/C29H37ClN4O3/c1-17-24(32-27(35)20-12-21(30)14-22(13-20)37-7)15-31-26-25(17)23(16-33(26)6)19-8-10-34(11-9-19)28(36)18(2)29(3,4)5/h12-16,18-19H,8-11H2,1-7H3,(H,32,35). The molecule has 3 aromatic rings. The Morgan fingerprint density at radius 2 is 1.86 bits per heavy atom. The minimum absolute atomic E-state index is 0.0151. The van der Waals surface area contributed by atoms with Crippen LogP contribution in [0.2, 0.25) is 5.02 Å². The van der Waals surface area contributed by atoms with Crippen molar-refractivity contribution in [1.82, 2.24) is 14.5 Å². The topological polar surface area (TPSA) is 76.5 Å². The van der Waals surface area contributed by atoms with Gasteiger partial charge in [0.1, 0.15) is 11.4 Å². The molecule has 0 radical (unpaired) electrons. The Morgan fingerprint density at radius 1 is 1.19 bits per heavy atom. The number of amides is 2. The Bertz CT molecular complexity index is 1330. The van der Waals surface area contributed by atoms with Gasteiger partial charge in [-0.1, -0.05) is 39.3 Å². The van der Waals surface area contributed by atoms with Gasteiger partial charge in [-0.15, -0.1) is 0 Å². The number of pyridine rings is 1. The Hall–Kier alpha value is -3.06. The van der Waals surface area contributed by atoms with E-state index >= 15 is 0 Å². The highest BCUT2D eigenvalue weighted by molar-refractivity contribution is 6.31. The molecule has 37 heavy (non-hydrogen) atoms. The third kappa shape index (κ3) is 5.47. The van der Waals surface area contributed by atoms with Crippen LogP contribution in [0.5, 0.6) is 5.75 Å². The number of nitrogens with one attached hydrogen (secondary N) is 1. The molecule has 0 bridgehead atoms. The lowest BCUT2D eigenvalue weighted by Crippen LogP contribution is -2.43. The number of rotatable bonds is 5. The minimum Gasteiger partial charge on any atom is -0.497 e. The van der Waals surface area contributed by atoms with Crippen molar-refractivity contribution in [2.75, 3.05) is 25.5 Å². The first-order valence-corrected chi connectivity index (χ1v) is 13.2. The van der Waals surface area contributed by atoms with Crippen LogP contribution in [0, 0.1) is 18.3 Å². The van der Waals surface area contributed by atoms with E-state index < -0.39 is 0 Å². The maximum atomic E-state index is 13.0. The van der Waals surface area contributed by atoms with Crippen LogP contribution in [0.3, 0.4) is 0 Å². The summed E-state index contributed by atoms with van der Waals surface area (Å²) in [5.74, 6) is 0.793. The highest BCUT2D eigenvalue weighted by Crippen LogP contribution is 2.38. The molecule has 1 aliphatic rings. The molecule has 198 valence electrons. The van der Waals surface area contributed by atoms with Crippen molar-refractivity contribution in [3.63, 3.8) is 0 Å². The van der Waals surface area contributed by atoms with Crippen LogP contribution in [0.15, 0.2) is 30.6 Å². The van der Waals surface area contributed by atoms with Crippen LogP contribution in [0.4, 0.5) is 5.69 Å². The van der Waals surface area contributed by atoms with Gasteiger partial charge in [0.05, 0.1) is 19.0 Å². The fourth-order valence-electron chi connectivity index (χ4n) is 5.03. The van der Waals surface area contributed by atoms with Crippen LogP contribution in [0.25, 0.3) is 11.0 Å². The Labute approximate surface area is 224 Å². The molecule has 0 saturated carbocycles. The third-order valence-electron chi connectivity index (χ3n) is 7.81. The quantitative estimate of drug-likeness (QED) is 0.432. The Balaban J connectivity index is 1.57. The molecule has 7 nitrogen and oxygen atoms in total. The highest BCUT2D eigenvalue weighted by atomic mass is 35.5. The molecule has 1 N–H and O–H groups in total. The van der Waals surface area contributed by atoms with Gasteiger partial charge in [0.15, 0.2) is 0 Å². The fraction of sp³-hybridized carbons (Fsp3) is 0.483. The van der Waals surface area contributed by atoms with Crippen molar-refractivity contribution < 1.29 is 14.3 Å². The molecule has 1 aliphatic heterocycles. The number of carbonyl (C=O) groups is 2. The summed E-state index contributed by atoms with van der Waals surface area (Å²) in [5, 5.41) is 4.51. The number of carbonyl (C=O) groups excluding carboxylic acids is 2. The first-order chi connectivity index (χ1) is 17.4. The normalized spacial score (nSPS) is 15.6. The summed E-state index contributed by atoms with van der Waals surface area (Å²) in [5.41, 5.74) is 4.11. The largest absolute Gasteiger partial charge is 0.497 e. The van der Waals surface area contributed by atoms with Gasteiger partial charge in [0.2, 0.25) is 5.91 Å². The summed E-state index contributed by atoms with van der Waals surface area (Å²) in [6.07, 6.45) is 5.66. The highest BCUT2D eigenvalue weighted by Gasteiger charge is 2.33. The molecule has 2 amide bonds. The first kappa shape index (κ1) is 27.0. The maximum absolute atomic E-state index is 13.0. The van der Waals surface area contributed by atoms with E-state index in [-0.39, 0.29) is 23.1 Å². The van der Waals surface area contributed by atoms with Crippen molar-refractivity contribution >= 4 is 40.1 Å². The number of piperidine rings is 1. The number of methoxy groups -OCH3 is 1. The minimum atomic E-state index is -0.276. The molecule has 1 atom stereocenters. The van der Waals surface area contributed by atoms with Crippen molar-refractivity contribution in [2.45, 2.75) is 53.4 Å². The van der Waals surface area contributed by atoms with Crippen LogP contribution < -0.4 is 10.1 Å². The van der Waals surface area contributed by atoms with Crippen molar-refractivity contribution in [3.8, 4) is 5.75 Å². The predicted octanol–water partition coefficient (Wildman–Crippen LogP) is 6.18. The number of benzene rings is 1. The molecule has 0 aliphatic carbocycles. The van der Waals surface area contributed by atoms with E-state index in [9.17, 15) is 9.59 Å². The van der Waals surface area contributed by atoms with Crippen molar-refractivity contribution in [1.29, 1.82) is 0 Å². The maximum Gasteiger partial charge on any atom is 0.255 e. The Kier molecular flexibility index (Phi) is 7.56. The van der Waals surface area contributed by atoms with E-state index in [2.05, 4.69) is 37.3 Å². The van der Waals surface area contributed by atoms with Gasteiger partial charge in [-0.05, 0) is 60.4 Å². The summed E-state index contributed by atoms with van der Waals surface area (Å²) in [6, 6.07) is 4.94. The van der Waals surface area contributed by atoms with Gasteiger partial charge in [0.25, 0.3) is 5.91 Å². The number of fused-ring (bicyclic) bond motifs is 1. The number of likely N-dealkylation sites (tertiary alicyclic amines) is 1. The van der Waals surface area contributed by atoms with Gasteiger partial charge in [0, 0.05) is 48.2 Å². The number of nitrogens with zero attached hydrogens (tertiary/aromatic N) is 3. The number of hydrogen-bond acceptors (Lipinski definition) is 4. The van der Waals surface area contributed by atoms with Crippen LogP contribution in [0.1, 0.15) is 67.9 Å². The lowest BCUT2D eigenvalue weighted by Gasteiger charge is -2.37. The molecule has 0 spiro atoms. The molecule has 1 saturated heterocycles. The van der Waals surface area contributed by atoms with Crippen LogP contribution in [-0.2, 0) is 11.8 Å². The smallest absolute Gasteiger partial charge is 0.255 e. The summed E-state index contributed by atoms with van der Waals surface area (Å²) in [7, 11) is 3.54. The number of aryl methyl sites for hydroxylation is 2. The lowest BCUT2D eigenvalue weighted by molar-refractivity contribution is -0.139. The van der Waals surface area contributed by atoms with Crippen LogP contribution >= 0.6 is 11.6 Å². The molecular weight excluding hydrogens is 488 g/mol. The zero-order valence-corrected chi connectivity index (χ0v) is 23.6. The molecule has 1 fully saturated rings. The average molecular weight is 525 g/mol. The summed E-state index contributed by atoms with van der Waals surface area (Å²) in [4.78, 5) is 32.8. The number of hydrogen-bond donors (Lipinski definition) is 1. The van der Waals surface area contributed by atoms with Gasteiger partial charge < -0.3 is 19.5 Å². The van der Waals surface area contributed by atoms with Gasteiger partial charge in [-0.2, -0.15) is 0 Å². The summed E-state index contributed by atoms with van der Waals surface area (Å²) in [6.45, 7) is 11.9. The van der Waals surface area contributed by atoms with Gasteiger partial charge in [-0.25, -0.2) is 4.98 Å². The fourth-order valence-corrected chi connectivity index (χ4v) is 5.26. The van der Waals surface area contributed by atoms with Crippen LogP contribution in [-0.4, -0.2) is 46.5 Å². The second-order valence-corrected chi connectivity index (χ2v) is 11.6. The molecule has 3 heterocycles. The van der Waals surface area contributed by atoms with E-state index in [4.69, 9.17) is 16.3 Å². The molecule has 1 aromatic carbocycles. The van der Waals surface area contributed by atoms with E-state index in [1.807, 2.05) is 30.4 Å². The van der Waals surface area contributed by atoms with Crippen molar-refractivity contribution in [3.05, 3.63) is 52.3 Å². The molecule has 2 aromatic heterocycles. The zero-order valence-electron chi connectivity index (χ0n) is 22.8. The predicted molar refractivity (Wildman–Crippen MR) is 149 cm³/mol. The second-order valence-electron chi connectivity index (χ2n) is 11.2. The Morgan fingerprint density at radius 3 is 2.49 bits per heavy atom. The number of aromatic nitrogens is 2. The van der Waals surface area contributed by atoms with E-state index in [1.54, 1.807) is 24.4 Å². The lowest BCUT2D eigenvalue weighted by atomic mass is 9.80. The summed E-state index contributed by atoms with van der Waals surface area (Å²) < 4.78 is 7.30. The number of ether oxygens (including phenoxy) is 1. The van der Waals surface area contributed by atoms with E-state index in [0.29, 0.717) is 27.9 Å². The third-order valence-corrected chi connectivity index (χ3v) is 8.03. The van der Waals surface area contributed by atoms with E-state index in [0.717, 1.165) is 42.5 Å². The van der Waals surface area contributed by atoms with E-state index in [1.165, 1.54) is 12.7 Å². The second kappa shape index (κ2) is 10.4. The monoisotopic (exact) mass is 524 g/mol. The average Bonchev–Trinajstić information content (AvgIpc) is 3.20. The molecule has 8 heteroatoms. The number of halogens is 1. The zero-order chi connectivity index (χ0) is 27.1. The van der Waals surface area contributed by atoms with Gasteiger partial charge in [-0.3, -0.25) is 9.59 Å². The molecular formula is C29H37ClN4O3.